The Morgan fingerprint density at radius 3 is 2.48 bits per heavy atom. The Labute approximate surface area is 194 Å². The average molecular weight is 476 g/mol. The maximum atomic E-state index is 12.1. The third-order valence-electron chi connectivity index (χ3n) is 4.44. The molecule has 0 saturated carbocycles. The zero-order chi connectivity index (χ0) is 23.6. The first-order valence-corrected chi connectivity index (χ1v) is 10.5. The fraction of sp³-hybridized carbons (Fsp3) is 0.273. The minimum absolute atomic E-state index is 0.00714. The smallest absolute Gasteiger partial charge is 0.306 e. The van der Waals surface area contributed by atoms with Crippen LogP contribution < -0.4 is 25.6 Å². The first-order valence-electron chi connectivity index (χ1n) is 10.1. The van der Waals surface area contributed by atoms with Gasteiger partial charge in [0.05, 0.1) is 0 Å². The summed E-state index contributed by atoms with van der Waals surface area (Å²) >= 11 is 5.77. The lowest BCUT2D eigenvalue weighted by Gasteiger charge is -2.25. The van der Waals surface area contributed by atoms with E-state index in [9.17, 15) is 19.2 Å². The molecule has 0 aliphatic carbocycles. The highest BCUT2D eigenvalue weighted by Crippen LogP contribution is 2.30. The number of carbonyl (C=O) groups is 4. The molecule has 1 heterocycles. The Balaban J connectivity index is 1.26. The second kappa shape index (κ2) is 11.7. The van der Waals surface area contributed by atoms with E-state index in [-0.39, 0.29) is 25.5 Å². The molecule has 174 valence electrons. The van der Waals surface area contributed by atoms with Crippen molar-refractivity contribution >= 4 is 35.3 Å². The summed E-state index contributed by atoms with van der Waals surface area (Å²) in [5, 5.41) is 3.20. The van der Waals surface area contributed by atoms with Crippen LogP contribution in [0.1, 0.15) is 23.2 Å². The fourth-order valence-corrected chi connectivity index (χ4v) is 2.88. The van der Waals surface area contributed by atoms with Crippen LogP contribution in [0.3, 0.4) is 0 Å². The topological polar surface area (TPSA) is 132 Å². The molecule has 33 heavy (non-hydrogen) atoms. The SMILES string of the molecule is O=C(COC(=O)CCCNC(=O)c1ccc(Cl)cc1)NNC(=O)C1COc2ccccc2O1. The van der Waals surface area contributed by atoms with E-state index >= 15 is 0 Å². The van der Waals surface area contributed by atoms with Gasteiger partial charge in [-0.1, -0.05) is 23.7 Å². The number of hydrazine groups is 1. The van der Waals surface area contributed by atoms with Crippen LogP contribution in [-0.2, 0) is 19.1 Å². The van der Waals surface area contributed by atoms with Crippen LogP contribution in [0.25, 0.3) is 0 Å². The number of hydrogen-bond donors (Lipinski definition) is 3. The Kier molecular flexibility index (Phi) is 8.48. The third-order valence-corrected chi connectivity index (χ3v) is 4.69. The molecule has 3 N–H and O–H groups in total. The highest BCUT2D eigenvalue weighted by molar-refractivity contribution is 6.30. The molecule has 1 aliphatic heterocycles. The average Bonchev–Trinajstić information content (AvgIpc) is 2.83. The van der Waals surface area contributed by atoms with Gasteiger partial charge in [0, 0.05) is 23.6 Å². The quantitative estimate of drug-likeness (QED) is 0.298. The van der Waals surface area contributed by atoms with Crippen LogP contribution >= 0.6 is 11.6 Å². The van der Waals surface area contributed by atoms with Gasteiger partial charge in [-0.2, -0.15) is 0 Å². The van der Waals surface area contributed by atoms with Gasteiger partial charge in [-0.3, -0.25) is 30.0 Å². The van der Waals surface area contributed by atoms with Crippen LogP contribution in [0.2, 0.25) is 5.02 Å². The largest absolute Gasteiger partial charge is 0.485 e. The molecule has 0 spiro atoms. The minimum atomic E-state index is -0.939. The fourth-order valence-electron chi connectivity index (χ4n) is 2.75. The monoisotopic (exact) mass is 475 g/mol. The van der Waals surface area contributed by atoms with Crippen molar-refractivity contribution in [2.45, 2.75) is 18.9 Å². The summed E-state index contributed by atoms with van der Waals surface area (Å²) in [6.07, 6.45) is -0.602. The second-order valence-electron chi connectivity index (χ2n) is 6.93. The summed E-state index contributed by atoms with van der Waals surface area (Å²) < 4.78 is 15.8. The molecule has 0 radical (unpaired) electrons. The summed E-state index contributed by atoms with van der Waals surface area (Å²) in [4.78, 5) is 47.6. The normalized spacial score (nSPS) is 14.0. The first kappa shape index (κ1) is 23.9. The molecule has 2 aromatic rings. The molecule has 3 amide bonds. The third kappa shape index (κ3) is 7.39. The van der Waals surface area contributed by atoms with Gasteiger partial charge in [-0.15, -0.1) is 0 Å². The number of hydrogen-bond acceptors (Lipinski definition) is 7. The number of amides is 3. The van der Waals surface area contributed by atoms with Crippen LogP contribution in [0, 0.1) is 0 Å². The molecule has 0 fully saturated rings. The van der Waals surface area contributed by atoms with Crippen LogP contribution in [0.5, 0.6) is 11.5 Å². The van der Waals surface area contributed by atoms with Crippen molar-refractivity contribution in [1.82, 2.24) is 16.2 Å². The Hall–Kier alpha value is -3.79. The maximum absolute atomic E-state index is 12.1. The highest BCUT2D eigenvalue weighted by atomic mass is 35.5. The maximum Gasteiger partial charge on any atom is 0.306 e. The highest BCUT2D eigenvalue weighted by Gasteiger charge is 2.27. The van der Waals surface area contributed by atoms with Crippen molar-refractivity contribution in [1.29, 1.82) is 0 Å². The van der Waals surface area contributed by atoms with Crippen molar-refractivity contribution in [2.75, 3.05) is 19.8 Å². The lowest BCUT2D eigenvalue weighted by Crippen LogP contribution is -2.51. The van der Waals surface area contributed by atoms with Gasteiger partial charge in [0.1, 0.15) is 6.61 Å². The molecule has 1 atom stereocenters. The number of rotatable bonds is 8. The van der Waals surface area contributed by atoms with Gasteiger partial charge in [0.15, 0.2) is 18.1 Å². The van der Waals surface area contributed by atoms with Gasteiger partial charge in [0.25, 0.3) is 17.7 Å². The Bertz CT molecular complexity index is 1010. The van der Waals surface area contributed by atoms with Gasteiger partial charge in [0.2, 0.25) is 6.10 Å². The molecule has 0 aromatic heterocycles. The van der Waals surface area contributed by atoms with Crippen LogP contribution in [-0.4, -0.2) is 49.6 Å². The van der Waals surface area contributed by atoms with E-state index in [1.165, 1.54) is 0 Å². The summed E-state index contributed by atoms with van der Waals surface area (Å²) in [5.41, 5.74) is 4.80. The molecule has 3 rings (SSSR count). The molecule has 0 bridgehead atoms. The Morgan fingerprint density at radius 1 is 1.00 bits per heavy atom. The van der Waals surface area contributed by atoms with Crippen LogP contribution in [0.4, 0.5) is 0 Å². The van der Waals surface area contributed by atoms with Gasteiger partial charge >= 0.3 is 5.97 Å². The number of ether oxygens (including phenoxy) is 3. The molecule has 10 nitrogen and oxygen atoms in total. The molecule has 1 unspecified atom stereocenters. The van der Waals surface area contributed by atoms with Gasteiger partial charge in [-0.05, 0) is 42.8 Å². The number of esters is 1. The number of fused-ring (bicyclic) bond motifs is 1. The molecule has 2 aromatic carbocycles. The van der Waals surface area contributed by atoms with Crippen molar-refractivity contribution in [3.63, 3.8) is 0 Å². The standard InChI is InChI=1S/C22H22ClN3O7/c23-15-9-7-14(8-10-15)21(29)24-11-3-6-20(28)32-13-19(27)25-26-22(30)18-12-31-16-4-1-2-5-17(16)33-18/h1-2,4-5,7-10,18H,3,6,11-13H2,(H,24,29)(H,25,27)(H,26,30). The molecule has 0 saturated heterocycles. The number of halogens is 1. The number of para-hydroxylation sites is 2. The summed E-state index contributed by atoms with van der Waals surface area (Å²) in [6.45, 7) is -0.325. The van der Waals surface area contributed by atoms with Gasteiger partial charge < -0.3 is 19.5 Å². The minimum Gasteiger partial charge on any atom is -0.485 e. The van der Waals surface area contributed by atoms with Crippen molar-refractivity contribution < 1.29 is 33.4 Å². The van der Waals surface area contributed by atoms with E-state index < -0.39 is 30.5 Å². The molecular weight excluding hydrogens is 454 g/mol. The summed E-state index contributed by atoms with van der Waals surface area (Å²) in [5.74, 6) is -1.27. The summed E-state index contributed by atoms with van der Waals surface area (Å²) in [6, 6.07) is 13.3. The van der Waals surface area contributed by atoms with E-state index in [4.69, 9.17) is 25.8 Å². The molecule has 11 heteroatoms. The van der Waals surface area contributed by atoms with Crippen LogP contribution in [0.15, 0.2) is 48.5 Å². The Morgan fingerprint density at radius 2 is 1.73 bits per heavy atom. The first-order chi connectivity index (χ1) is 15.9. The van der Waals surface area contributed by atoms with Crippen molar-refractivity contribution in [3.05, 3.63) is 59.1 Å². The molecule has 1 aliphatic rings. The van der Waals surface area contributed by atoms with E-state index in [0.29, 0.717) is 28.5 Å². The van der Waals surface area contributed by atoms with E-state index in [1.807, 2.05) is 0 Å². The van der Waals surface area contributed by atoms with E-state index in [0.717, 1.165) is 0 Å². The van der Waals surface area contributed by atoms with Gasteiger partial charge in [-0.25, -0.2) is 0 Å². The summed E-state index contributed by atoms with van der Waals surface area (Å²) in [7, 11) is 0. The number of benzene rings is 2. The number of carbonyl (C=O) groups excluding carboxylic acids is 4. The lowest BCUT2D eigenvalue weighted by atomic mass is 10.2. The second-order valence-corrected chi connectivity index (χ2v) is 7.37. The lowest BCUT2D eigenvalue weighted by molar-refractivity contribution is -0.149. The predicted octanol–water partition coefficient (Wildman–Crippen LogP) is 1.38. The molecular formula is C22H22ClN3O7. The number of nitrogens with one attached hydrogen (secondary N) is 3. The zero-order valence-corrected chi connectivity index (χ0v) is 18.2. The van der Waals surface area contributed by atoms with E-state index in [2.05, 4.69) is 16.2 Å². The van der Waals surface area contributed by atoms with Crippen molar-refractivity contribution in [2.24, 2.45) is 0 Å². The zero-order valence-electron chi connectivity index (χ0n) is 17.5. The van der Waals surface area contributed by atoms with Crippen molar-refractivity contribution in [3.8, 4) is 11.5 Å². The van der Waals surface area contributed by atoms with E-state index in [1.54, 1.807) is 48.5 Å². The predicted molar refractivity (Wildman–Crippen MR) is 117 cm³/mol.